The third kappa shape index (κ3) is 4.81. The summed E-state index contributed by atoms with van der Waals surface area (Å²) in [5.74, 6) is 0.731. The van der Waals surface area contributed by atoms with E-state index < -0.39 is 0 Å². The maximum absolute atomic E-state index is 11.6. The Morgan fingerprint density at radius 2 is 1.96 bits per heavy atom. The summed E-state index contributed by atoms with van der Waals surface area (Å²) in [6.45, 7) is 7.40. The first-order valence-electron chi connectivity index (χ1n) is 7.48. The number of carbonyl (C=O) groups excluding carboxylic acids is 1. The number of nitrogens with one attached hydrogen (secondary N) is 1. The molecule has 2 rings (SSSR count). The van der Waals surface area contributed by atoms with Gasteiger partial charge in [0.1, 0.15) is 5.84 Å². The van der Waals surface area contributed by atoms with Crippen LogP contribution in [0.3, 0.4) is 0 Å². The summed E-state index contributed by atoms with van der Waals surface area (Å²) in [6, 6.07) is 15.4. The number of nitrogens with zero attached hydrogens (tertiary/aromatic N) is 1. The SMILES string of the molecule is C=C(/N=C(\NC(C)=O)c1cc(CSO)ccc1C)c1ccccc1. The molecule has 0 bridgehead atoms. The van der Waals surface area contributed by atoms with E-state index in [1.54, 1.807) is 0 Å². The lowest BCUT2D eigenvalue weighted by Gasteiger charge is -2.13. The molecule has 0 heterocycles. The van der Waals surface area contributed by atoms with Crippen LogP contribution in [0.1, 0.15) is 29.2 Å². The highest BCUT2D eigenvalue weighted by Gasteiger charge is 2.11. The van der Waals surface area contributed by atoms with Gasteiger partial charge in [0.2, 0.25) is 5.91 Å². The number of hydrogen-bond acceptors (Lipinski definition) is 4. The zero-order valence-corrected chi connectivity index (χ0v) is 14.6. The van der Waals surface area contributed by atoms with Crippen LogP contribution in [0, 0.1) is 6.92 Å². The van der Waals surface area contributed by atoms with Crippen LogP contribution in [-0.2, 0) is 10.5 Å². The van der Waals surface area contributed by atoms with E-state index in [1.807, 2.05) is 55.5 Å². The van der Waals surface area contributed by atoms with E-state index in [9.17, 15) is 4.79 Å². The Morgan fingerprint density at radius 3 is 2.58 bits per heavy atom. The molecule has 0 spiro atoms. The van der Waals surface area contributed by atoms with Crippen LogP contribution < -0.4 is 5.32 Å². The lowest BCUT2D eigenvalue weighted by atomic mass is 10.0. The second kappa shape index (κ2) is 8.47. The highest BCUT2D eigenvalue weighted by Crippen LogP contribution is 2.19. The molecule has 0 aliphatic carbocycles. The van der Waals surface area contributed by atoms with Crippen LogP contribution in [0.15, 0.2) is 60.1 Å². The number of aliphatic imine (C=N–C) groups is 1. The van der Waals surface area contributed by atoms with Gasteiger partial charge in [-0.25, -0.2) is 4.99 Å². The first-order chi connectivity index (χ1) is 11.5. The Balaban J connectivity index is 2.45. The minimum atomic E-state index is -0.198. The molecule has 0 atom stereocenters. The fourth-order valence-corrected chi connectivity index (χ4v) is 2.57. The molecule has 0 saturated carbocycles. The molecule has 0 saturated heterocycles. The van der Waals surface area contributed by atoms with Crippen molar-refractivity contribution >= 4 is 29.5 Å². The molecule has 0 unspecified atom stereocenters. The van der Waals surface area contributed by atoms with Gasteiger partial charge in [-0.2, -0.15) is 0 Å². The van der Waals surface area contributed by atoms with E-state index >= 15 is 0 Å². The zero-order valence-electron chi connectivity index (χ0n) is 13.7. The number of aryl methyl sites for hydroxylation is 1. The third-order valence-corrected chi connectivity index (χ3v) is 3.90. The molecule has 0 radical (unpaired) electrons. The number of amidine groups is 1. The van der Waals surface area contributed by atoms with Crippen LogP contribution in [-0.4, -0.2) is 16.3 Å². The molecule has 0 aromatic heterocycles. The van der Waals surface area contributed by atoms with Crippen molar-refractivity contribution < 1.29 is 9.35 Å². The minimum Gasteiger partial charge on any atom is -0.330 e. The quantitative estimate of drug-likeness (QED) is 0.486. The summed E-state index contributed by atoms with van der Waals surface area (Å²) in [4.78, 5) is 16.1. The van der Waals surface area contributed by atoms with Crippen molar-refractivity contribution in [1.82, 2.24) is 5.32 Å². The van der Waals surface area contributed by atoms with E-state index in [4.69, 9.17) is 4.55 Å². The van der Waals surface area contributed by atoms with Crippen LogP contribution in [0.5, 0.6) is 0 Å². The molecule has 5 heteroatoms. The third-order valence-electron chi connectivity index (χ3n) is 3.44. The Kier molecular flexibility index (Phi) is 6.35. The predicted molar refractivity (Wildman–Crippen MR) is 101 cm³/mol. The summed E-state index contributed by atoms with van der Waals surface area (Å²) in [7, 11) is 0. The van der Waals surface area contributed by atoms with Gasteiger partial charge in [-0.3, -0.25) is 4.79 Å². The largest absolute Gasteiger partial charge is 0.330 e. The van der Waals surface area contributed by atoms with E-state index in [1.165, 1.54) is 6.92 Å². The molecule has 124 valence electrons. The van der Waals surface area contributed by atoms with Crippen molar-refractivity contribution in [2.45, 2.75) is 19.6 Å². The molecule has 0 aliphatic rings. The summed E-state index contributed by atoms with van der Waals surface area (Å²) >= 11 is 0.761. The Morgan fingerprint density at radius 1 is 1.25 bits per heavy atom. The van der Waals surface area contributed by atoms with Gasteiger partial charge < -0.3 is 9.87 Å². The monoisotopic (exact) mass is 340 g/mol. The number of carbonyl (C=O) groups is 1. The maximum atomic E-state index is 11.6. The molecular weight excluding hydrogens is 320 g/mol. The topological polar surface area (TPSA) is 61.7 Å². The molecule has 4 nitrogen and oxygen atoms in total. The van der Waals surface area contributed by atoms with Crippen molar-refractivity contribution in [2.24, 2.45) is 4.99 Å². The normalized spacial score (nSPS) is 11.2. The van der Waals surface area contributed by atoms with Crippen molar-refractivity contribution in [3.05, 3.63) is 77.4 Å². The van der Waals surface area contributed by atoms with Crippen molar-refractivity contribution in [1.29, 1.82) is 0 Å². The Labute approximate surface area is 146 Å². The fraction of sp³-hybridized carbons (Fsp3) is 0.158. The lowest BCUT2D eigenvalue weighted by molar-refractivity contribution is -0.117. The first kappa shape index (κ1) is 18.0. The smallest absolute Gasteiger partial charge is 0.222 e. The van der Waals surface area contributed by atoms with Gasteiger partial charge in [0, 0.05) is 18.2 Å². The van der Waals surface area contributed by atoms with E-state index in [2.05, 4.69) is 16.9 Å². The number of hydrogen-bond donors (Lipinski definition) is 2. The first-order valence-corrected chi connectivity index (χ1v) is 8.42. The number of amides is 1. The van der Waals surface area contributed by atoms with Crippen LogP contribution >= 0.6 is 12.0 Å². The summed E-state index contributed by atoms with van der Waals surface area (Å²) in [6.07, 6.45) is 0. The summed E-state index contributed by atoms with van der Waals surface area (Å²) in [5.41, 5.74) is 4.20. The Bertz CT molecular complexity index is 770. The molecule has 2 aromatic rings. The van der Waals surface area contributed by atoms with Crippen LogP contribution in [0.25, 0.3) is 5.70 Å². The number of benzene rings is 2. The Hall–Kier alpha value is -2.37. The number of rotatable bonds is 5. The lowest BCUT2D eigenvalue weighted by Crippen LogP contribution is -2.29. The fourth-order valence-electron chi connectivity index (χ4n) is 2.24. The second-order valence-electron chi connectivity index (χ2n) is 5.38. The minimum absolute atomic E-state index is 0.198. The highest BCUT2D eigenvalue weighted by atomic mass is 32.2. The van der Waals surface area contributed by atoms with Gasteiger partial charge in [0.05, 0.1) is 5.70 Å². The molecule has 0 aliphatic heterocycles. The van der Waals surface area contributed by atoms with Crippen molar-refractivity contribution in [3.8, 4) is 0 Å². The van der Waals surface area contributed by atoms with Crippen molar-refractivity contribution in [2.75, 3.05) is 0 Å². The average Bonchev–Trinajstić information content (AvgIpc) is 2.56. The second-order valence-corrected chi connectivity index (χ2v) is 5.92. The molecule has 2 aromatic carbocycles. The van der Waals surface area contributed by atoms with E-state index in [0.717, 1.165) is 34.3 Å². The molecular formula is C19H20N2O2S. The average molecular weight is 340 g/mol. The van der Waals surface area contributed by atoms with Gasteiger partial charge in [0.15, 0.2) is 0 Å². The van der Waals surface area contributed by atoms with Gasteiger partial charge in [-0.05, 0) is 41.7 Å². The molecule has 2 N–H and O–H groups in total. The highest BCUT2D eigenvalue weighted by molar-refractivity contribution is 7.92. The van der Waals surface area contributed by atoms with Gasteiger partial charge in [0.25, 0.3) is 0 Å². The molecule has 0 fully saturated rings. The van der Waals surface area contributed by atoms with Gasteiger partial charge in [-0.15, -0.1) is 0 Å². The van der Waals surface area contributed by atoms with Crippen LogP contribution in [0.4, 0.5) is 0 Å². The zero-order chi connectivity index (χ0) is 17.5. The maximum Gasteiger partial charge on any atom is 0.222 e. The molecule has 1 amide bonds. The van der Waals surface area contributed by atoms with Gasteiger partial charge in [-0.1, -0.05) is 49.0 Å². The van der Waals surface area contributed by atoms with Crippen LogP contribution in [0.2, 0.25) is 0 Å². The predicted octanol–water partition coefficient (Wildman–Crippen LogP) is 4.25. The van der Waals surface area contributed by atoms with Gasteiger partial charge >= 0.3 is 0 Å². The standard InChI is InChI=1S/C19H20N2O2S/c1-13-9-10-16(12-24-23)11-18(13)19(21-15(3)22)20-14(2)17-7-5-4-6-8-17/h4-11,23H,2,12H2,1,3H3,(H,20,21,22). The molecule has 24 heavy (non-hydrogen) atoms. The van der Waals surface area contributed by atoms with E-state index in [-0.39, 0.29) is 5.91 Å². The van der Waals surface area contributed by atoms with E-state index in [0.29, 0.717) is 17.3 Å². The summed E-state index contributed by atoms with van der Waals surface area (Å²) < 4.78 is 9.06. The van der Waals surface area contributed by atoms with Crippen molar-refractivity contribution in [3.63, 3.8) is 0 Å². The summed E-state index contributed by atoms with van der Waals surface area (Å²) in [5, 5.41) is 2.79.